The molecule has 0 aliphatic heterocycles. The molecule has 0 N–H and O–H groups in total. The van der Waals surface area contributed by atoms with Gasteiger partial charge < -0.3 is 4.74 Å². The van der Waals surface area contributed by atoms with Gasteiger partial charge in [0, 0.05) is 0 Å². The Balaban J connectivity index is 2.39. The van der Waals surface area contributed by atoms with Crippen LogP contribution in [0.4, 0.5) is 87.8 Å². The molecule has 0 amide bonds. The minimum absolute atomic E-state index is 0.340. The summed E-state index contributed by atoms with van der Waals surface area (Å²) in [6, 6.07) is 10.3. The number of benzene rings is 2. The van der Waals surface area contributed by atoms with E-state index in [9.17, 15) is 92.6 Å². The number of esters is 1. The molecule has 2 aromatic rings. The van der Waals surface area contributed by atoms with E-state index in [1.165, 1.54) is 0 Å². The van der Waals surface area contributed by atoms with Crippen LogP contribution in [0.15, 0.2) is 48.5 Å². The molecular formula is C26H16F20O2. The summed E-state index contributed by atoms with van der Waals surface area (Å²) in [5.41, 5.74) is 0.932. The second-order valence-electron chi connectivity index (χ2n) is 9.85. The third kappa shape index (κ3) is 6.00. The van der Waals surface area contributed by atoms with Crippen molar-refractivity contribution in [1.29, 1.82) is 0 Å². The van der Waals surface area contributed by atoms with Gasteiger partial charge in [-0.15, -0.1) is 0 Å². The highest BCUT2D eigenvalue weighted by atomic mass is 19.4. The Bertz CT molecular complexity index is 1430. The predicted molar refractivity (Wildman–Crippen MR) is 122 cm³/mol. The molecule has 272 valence electrons. The number of aryl methyl sites for hydroxylation is 1. The standard InChI is InChI=1S/C26H16F20O2/c1-2-12-3-5-13(6-4-12)14-7-9-15(10-8-14)16(47)48-11-18(29,30)20(33,34)22(37,38)24(41,42)26(45,46)25(43,44)23(39,40)21(35,36)19(31,32)17(27)28/h3-10,17H,2,11H2,1H3. The van der Waals surface area contributed by atoms with Gasteiger partial charge in [-0.25, -0.2) is 13.6 Å². The summed E-state index contributed by atoms with van der Waals surface area (Å²) in [4.78, 5) is 12.0. The second-order valence-corrected chi connectivity index (χ2v) is 9.85. The Hall–Kier alpha value is -3.49. The van der Waals surface area contributed by atoms with Gasteiger partial charge in [-0.05, 0) is 35.2 Å². The Kier molecular flexibility index (Phi) is 10.5. The van der Waals surface area contributed by atoms with Crippen LogP contribution in [-0.4, -0.2) is 72.3 Å². The van der Waals surface area contributed by atoms with Crippen molar-refractivity contribution in [3.63, 3.8) is 0 Å². The zero-order valence-electron chi connectivity index (χ0n) is 23.0. The first-order valence-electron chi connectivity index (χ1n) is 12.4. The van der Waals surface area contributed by atoms with E-state index in [2.05, 4.69) is 4.74 Å². The van der Waals surface area contributed by atoms with Crippen LogP contribution in [-0.2, 0) is 11.2 Å². The predicted octanol–water partition coefficient (Wildman–Crippen LogP) is 10.1. The van der Waals surface area contributed by atoms with E-state index in [-0.39, 0.29) is 0 Å². The first kappa shape index (κ1) is 40.7. The smallest absolute Gasteiger partial charge is 0.385 e. The van der Waals surface area contributed by atoms with Gasteiger partial charge in [0.1, 0.15) is 0 Å². The number of ether oxygens (including phenoxy) is 1. The molecule has 2 rings (SSSR count). The van der Waals surface area contributed by atoms with Crippen LogP contribution in [0.3, 0.4) is 0 Å². The van der Waals surface area contributed by atoms with Crippen molar-refractivity contribution in [1.82, 2.24) is 0 Å². The molecule has 0 aliphatic rings. The van der Waals surface area contributed by atoms with E-state index in [0.717, 1.165) is 29.8 Å². The highest BCUT2D eigenvalue weighted by Gasteiger charge is 2.96. The zero-order chi connectivity index (χ0) is 37.7. The summed E-state index contributed by atoms with van der Waals surface area (Å²) in [6.45, 7) is -1.60. The van der Waals surface area contributed by atoms with Gasteiger partial charge in [-0.2, -0.15) is 79.0 Å². The largest absolute Gasteiger partial charge is 0.455 e. The van der Waals surface area contributed by atoms with Gasteiger partial charge in [0.2, 0.25) is 0 Å². The maximum absolute atomic E-state index is 14.1. The van der Waals surface area contributed by atoms with Gasteiger partial charge >= 0.3 is 65.7 Å². The minimum atomic E-state index is -9.11. The normalized spacial score (nSPS) is 14.8. The SMILES string of the molecule is CCc1ccc(-c2ccc(C(=O)OCC(F)(F)C(F)(F)C(F)(F)C(F)(F)C(F)(F)C(F)(F)C(F)(F)C(F)(F)C(F)(F)C(F)F)cc2)cc1. The molecule has 0 heterocycles. The molecule has 0 fully saturated rings. The lowest BCUT2D eigenvalue weighted by Crippen LogP contribution is -2.76. The average Bonchev–Trinajstić information content (AvgIpc) is 2.99. The summed E-state index contributed by atoms with van der Waals surface area (Å²) >= 11 is 0. The molecule has 2 aromatic carbocycles. The fourth-order valence-electron chi connectivity index (χ4n) is 3.62. The monoisotopic (exact) mass is 740 g/mol. The number of hydrogen-bond acceptors (Lipinski definition) is 2. The molecule has 0 spiro atoms. The third-order valence-electron chi connectivity index (χ3n) is 6.72. The van der Waals surface area contributed by atoms with E-state index >= 15 is 0 Å². The molecule has 48 heavy (non-hydrogen) atoms. The molecular weight excluding hydrogens is 724 g/mol. The van der Waals surface area contributed by atoms with Crippen LogP contribution >= 0.6 is 0 Å². The van der Waals surface area contributed by atoms with Gasteiger partial charge in [-0.3, -0.25) is 0 Å². The van der Waals surface area contributed by atoms with Crippen molar-refractivity contribution in [2.75, 3.05) is 6.61 Å². The summed E-state index contributed by atoms with van der Waals surface area (Å²) in [5.74, 6) is -78.2. The summed E-state index contributed by atoms with van der Waals surface area (Å²) in [7, 11) is 0. The molecule has 0 atom stereocenters. The second kappa shape index (κ2) is 12.4. The van der Waals surface area contributed by atoms with E-state index in [1.54, 1.807) is 24.3 Å². The van der Waals surface area contributed by atoms with Crippen LogP contribution in [0.2, 0.25) is 0 Å². The summed E-state index contributed by atoms with van der Waals surface area (Å²) < 4.78 is 274. The van der Waals surface area contributed by atoms with Gasteiger partial charge in [-0.1, -0.05) is 43.3 Å². The fourth-order valence-corrected chi connectivity index (χ4v) is 3.62. The quantitative estimate of drug-likeness (QED) is 0.143. The van der Waals surface area contributed by atoms with E-state index in [0.29, 0.717) is 17.5 Å². The third-order valence-corrected chi connectivity index (χ3v) is 6.72. The van der Waals surface area contributed by atoms with Crippen LogP contribution in [0.1, 0.15) is 22.8 Å². The molecule has 0 saturated heterocycles. The number of carbonyl (C=O) groups is 1. The van der Waals surface area contributed by atoms with Gasteiger partial charge in [0.15, 0.2) is 6.61 Å². The lowest BCUT2D eigenvalue weighted by molar-refractivity contribution is -0.465. The van der Waals surface area contributed by atoms with Crippen molar-refractivity contribution >= 4 is 5.97 Å². The Morgan fingerprint density at radius 3 is 1.23 bits per heavy atom. The van der Waals surface area contributed by atoms with Gasteiger partial charge in [0.05, 0.1) is 5.56 Å². The van der Waals surface area contributed by atoms with Crippen LogP contribution in [0, 0.1) is 0 Å². The van der Waals surface area contributed by atoms with E-state index in [1.807, 2.05) is 6.92 Å². The molecule has 0 unspecified atom stereocenters. The fraction of sp³-hybridized carbons (Fsp3) is 0.500. The highest BCUT2D eigenvalue weighted by Crippen LogP contribution is 2.65. The number of halogens is 20. The maximum Gasteiger partial charge on any atom is 0.385 e. The Labute approximate surface area is 254 Å². The van der Waals surface area contributed by atoms with Crippen LogP contribution in [0.25, 0.3) is 11.1 Å². The van der Waals surface area contributed by atoms with E-state index < -0.39 is 77.9 Å². The van der Waals surface area contributed by atoms with E-state index in [4.69, 9.17) is 0 Å². The topological polar surface area (TPSA) is 26.3 Å². The lowest BCUT2D eigenvalue weighted by atomic mass is 9.86. The number of hydrogen-bond donors (Lipinski definition) is 0. The Morgan fingerprint density at radius 2 is 0.875 bits per heavy atom. The van der Waals surface area contributed by atoms with Crippen molar-refractivity contribution in [2.24, 2.45) is 0 Å². The average molecular weight is 740 g/mol. The van der Waals surface area contributed by atoms with Crippen molar-refractivity contribution in [2.45, 2.75) is 73.1 Å². The molecule has 0 aromatic heterocycles. The van der Waals surface area contributed by atoms with Gasteiger partial charge in [0.25, 0.3) is 0 Å². The minimum Gasteiger partial charge on any atom is -0.455 e. The Morgan fingerprint density at radius 1 is 0.542 bits per heavy atom. The van der Waals surface area contributed by atoms with Crippen molar-refractivity contribution in [3.8, 4) is 11.1 Å². The summed E-state index contributed by atoms with van der Waals surface area (Å²) in [6.07, 6.45) is -5.49. The highest BCUT2D eigenvalue weighted by molar-refractivity contribution is 5.90. The molecule has 22 heteroatoms. The number of carbonyl (C=O) groups excluding carboxylic acids is 1. The van der Waals surface area contributed by atoms with Crippen LogP contribution < -0.4 is 0 Å². The van der Waals surface area contributed by atoms with Crippen LogP contribution in [0.5, 0.6) is 0 Å². The van der Waals surface area contributed by atoms with Crippen molar-refractivity contribution in [3.05, 3.63) is 59.7 Å². The first-order chi connectivity index (χ1) is 21.3. The molecule has 0 aliphatic carbocycles. The molecule has 0 radical (unpaired) electrons. The molecule has 0 bridgehead atoms. The van der Waals surface area contributed by atoms with Crippen molar-refractivity contribution < 1.29 is 97.3 Å². The zero-order valence-corrected chi connectivity index (χ0v) is 23.0. The summed E-state index contributed by atoms with van der Waals surface area (Å²) in [5, 5.41) is 0. The first-order valence-corrected chi connectivity index (χ1v) is 12.4. The lowest BCUT2D eigenvalue weighted by Gasteiger charge is -2.44. The molecule has 2 nitrogen and oxygen atoms in total. The maximum atomic E-state index is 14.1. The molecule has 0 saturated carbocycles. The number of alkyl halides is 20. The number of rotatable bonds is 14.